The van der Waals surface area contributed by atoms with Crippen molar-refractivity contribution in [3.63, 3.8) is 0 Å². The first-order valence-electron chi connectivity index (χ1n) is 16.0. The summed E-state index contributed by atoms with van der Waals surface area (Å²) in [6.07, 6.45) is -19.8. The molecule has 60 heavy (non-hydrogen) atoms. The maximum absolute atomic E-state index is 11.1. The van der Waals surface area contributed by atoms with Crippen LogP contribution in [-0.4, -0.2) is 241 Å². The minimum atomic E-state index is -4.67. The lowest BCUT2D eigenvalue weighted by molar-refractivity contribution is -0.306. The number of hydrogen-bond donors (Lipinski definition) is 19. The summed E-state index contributed by atoms with van der Waals surface area (Å²) in [4.78, 5) is 0. The molecule has 0 aromatic heterocycles. The van der Waals surface area contributed by atoms with E-state index in [1.54, 1.807) is 0 Å². The Balaban J connectivity index is -0.00000155. The highest BCUT2D eigenvalue weighted by Crippen LogP contribution is 2.34. The Morgan fingerprint density at radius 2 is 0.783 bits per heavy atom. The lowest BCUT2D eigenvalue weighted by Crippen LogP contribution is -2.68. The molecule has 19 atom stereocenters. The van der Waals surface area contributed by atoms with Crippen LogP contribution in [0.5, 0.6) is 0 Å². The van der Waals surface area contributed by atoms with Gasteiger partial charge in [0.15, 0.2) is 18.9 Å². The molecular weight excluding hydrogens is 904 g/mol. The number of aliphatic hydroxyl groups is 7. The molecule has 4 rings (SSSR count). The fourth-order valence-electron chi connectivity index (χ4n) is 5.74. The van der Waals surface area contributed by atoms with Crippen LogP contribution in [0.1, 0.15) is 6.42 Å². The van der Waals surface area contributed by atoms with Crippen LogP contribution in [0, 0.1) is 0 Å². The normalized spacial score (nSPS) is 40.5. The van der Waals surface area contributed by atoms with E-state index in [-0.39, 0.29) is 35.9 Å². The molecule has 34 nitrogen and oxygen atoms in total. The maximum Gasteiger partial charge on any atom is 0.394 e. The van der Waals surface area contributed by atoms with Crippen molar-refractivity contribution in [1.82, 2.24) is 0 Å². The van der Waals surface area contributed by atoms with Gasteiger partial charge < -0.3 is 115 Å². The van der Waals surface area contributed by atoms with E-state index in [9.17, 15) is 35.7 Å². The molecule has 3 saturated heterocycles. The zero-order chi connectivity index (χ0) is 44.5. The highest BCUT2D eigenvalue weighted by atomic mass is 32.3. The Morgan fingerprint density at radius 3 is 1.12 bits per heavy atom. The van der Waals surface area contributed by atoms with Gasteiger partial charge in [-0.15, -0.1) is 0 Å². The zero-order valence-corrected chi connectivity index (χ0v) is 33.1. The average molecular weight is 963 g/mol. The standard InChI is InChI=1S/C23H46N6O13.3H2O4S.3H2O/c24-2-7-13(32)15(34)10(28)21(37-7)40-18-6(27)1-5(26)12(31)20(18)42-23-17(36)19(9(4-30)39-23)41-22-11(29)16(35)14(33)8(3-25)38-22;3*1-5(2,3)4;;;/h5-23,30-36H,1-4,24-29H2;3*(H2,1,2,3,4);3*1H2/t5?,6-,7+,8-,9+,10+,11+,12-,13?,14?,15+,16+,17+,18-,19+,20?,21+,22-,23-;;;;;;/m0....../s1. The van der Waals surface area contributed by atoms with Gasteiger partial charge in [0.25, 0.3) is 0 Å². The fraction of sp³-hybridized carbons (Fsp3) is 1.00. The van der Waals surface area contributed by atoms with Crippen LogP contribution in [0.15, 0.2) is 0 Å². The van der Waals surface area contributed by atoms with Gasteiger partial charge in [-0.2, -0.15) is 25.3 Å². The molecule has 0 spiro atoms. The Morgan fingerprint density at radius 1 is 0.467 bits per heavy atom. The summed E-state index contributed by atoms with van der Waals surface area (Å²) < 4.78 is 129. The lowest BCUT2D eigenvalue weighted by Gasteiger charge is -2.47. The summed E-state index contributed by atoms with van der Waals surface area (Å²) in [6, 6.07) is -4.18. The maximum atomic E-state index is 11.1. The van der Waals surface area contributed by atoms with Crippen LogP contribution in [0.2, 0.25) is 0 Å². The van der Waals surface area contributed by atoms with Crippen LogP contribution in [0.3, 0.4) is 0 Å². The Bertz CT molecular complexity index is 1440. The molecular formula is C23H58N6O28S3. The second-order valence-electron chi connectivity index (χ2n) is 12.6. The van der Waals surface area contributed by atoms with Gasteiger partial charge >= 0.3 is 31.2 Å². The van der Waals surface area contributed by atoms with Crippen molar-refractivity contribution in [2.24, 2.45) is 34.4 Å². The van der Waals surface area contributed by atoms with Crippen molar-refractivity contribution < 1.29 is 133 Å². The zero-order valence-electron chi connectivity index (χ0n) is 30.7. The summed E-state index contributed by atoms with van der Waals surface area (Å²) in [5, 5.41) is 73.0. The molecule has 37 heteroatoms. The number of ether oxygens (including phenoxy) is 6. The average Bonchev–Trinajstić information content (AvgIpc) is 3.36. The molecule has 3 heterocycles. The molecule has 366 valence electrons. The first kappa shape index (κ1) is 63.0. The van der Waals surface area contributed by atoms with Gasteiger partial charge in [0.2, 0.25) is 0 Å². The molecule has 4 aliphatic rings. The minimum Gasteiger partial charge on any atom is -0.412 e. The number of aliphatic hydroxyl groups excluding tert-OH is 7. The highest BCUT2D eigenvalue weighted by molar-refractivity contribution is 7.80. The third kappa shape index (κ3) is 20.5. The molecule has 4 fully saturated rings. The third-order valence-corrected chi connectivity index (χ3v) is 8.37. The van der Waals surface area contributed by atoms with Gasteiger partial charge in [0, 0.05) is 25.2 Å². The van der Waals surface area contributed by atoms with E-state index in [0.717, 1.165) is 0 Å². The van der Waals surface area contributed by atoms with Crippen molar-refractivity contribution >= 4 is 31.2 Å². The van der Waals surface area contributed by atoms with Gasteiger partial charge in [0.1, 0.15) is 67.1 Å². The van der Waals surface area contributed by atoms with Gasteiger partial charge in [-0.1, -0.05) is 0 Å². The number of hydrogen-bond acceptors (Lipinski definition) is 25. The van der Waals surface area contributed by atoms with Gasteiger partial charge in [-0.05, 0) is 6.42 Å². The summed E-state index contributed by atoms with van der Waals surface area (Å²) in [6.45, 7) is -0.967. The Labute approximate surface area is 340 Å². The molecule has 0 aromatic carbocycles. The Kier molecular flexibility index (Phi) is 27.8. The molecule has 31 N–H and O–H groups in total. The van der Waals surface area contributed by atoms with E-state index < -0.39 is 154 Å². The first-order valence-corrected chi connectivity index (χ1v) is 20.2. The second kappa shape index (κ2) is 26.5. The van der Waals surface area contributed by atoms with Crippen LogP contribution in [0.25, 0.3) is 0 Å². The molecule has 0 aromatic rings. The van der Waals surface area contributed by atoms with Gasteiger partial charge in [0.05, 0.1) is 24.8 Å². The van der Waals surface area contributed by atoms with Gasteiger partial charge in [-0.25, -0.2) is 0 Å². The largest absolute Gasteiger partial charge is 0.412 e. The summed E-state index contributed by atoms with van der Waals surface area (Å²) in [5.41, 5.74) is 35.6. The number of nitrogens with two attached hydrogens (primary N) is 6. The van der Waals surface area contributed by atoms with Crippen molar-refractivity contribution in [1.29, 1.82) is 0 Å². The highest BCUT2D eigenvalue weighted by Gasteiger charge is 2.54. The van der Waals surface area contributed by atoms with Crippen LogP contribution < -0.4 is 34.4 Å². The van der Waals surface area contributed by atoms with E-state index in [1.165, 1.54) is 0 Å². The van der Waals surface area contributed by atoms with E-state index in [0.29, 0.717) is 0 Å². The van der Waals surface area contributed by atoms with E-state index in [2.05, 4.69) is 0 Å². The monoisotopic (exact) mass is 962 g/mol. The molecule has 0 radical (unpaired) electrons. The fourth-order valence-corrected chi connectivity index (χ4v) is 5.74. The second-order valence-corrected chi connectivity index (χ2v) is 15.3. The van der Waals surface area contributed by atoms with Crippen molar-refractivity contribution in [2.45, 2.75) is 123 Å². The predicted molar refractivity (Wildman–Crippen MR) is 192 cm³/mol. The molecule has 1 aliphatic carbocycles. The SMILES string of the molecule is NC[C@@H]1O[C@@H](O[C@H]2[C@@H](O)[C@H](OC3[C@@H](O)C(N)C[C@H](N)[C@@H]3O[C@H]3O[C@H](CN)C(O)[C@H](O)[C@H]3N)O[C@@H]2CO)[C@H](N)[C@@H](O)C1O.O.O.O.O=S(=O)(O)O.O=S(=O)(O)O.O=S(=O)(O)O. The third-order valence-electron chi connectivity index (χ3n) is 8.37. The minimum absolute atomic E-state index is 0. The molecule has 3 aliphatic heterocycles. The van der Waals surface area contributed by atoms with Crippen molar-refractivity contribution in [2.75, 3.05) is 19.7 Å². The molecule has 4 unspecified atom stereocenters. The Hall–Kier alpha value is -1.27. The van der Waals surface area contributed by atoms with Gasteiger partial charge in [-0.3, -0.25) is 27.3 Å². The predicted octanol–water partition coefficient (Wildman–Crippen LogP) is -13.3. The first-order chi connectivity index (χ1) is 25.8. The molecule has 0 amide bonds. The quantitative estimate of drug-likeness (QED) is 0.0954. The molecule has 1 saturated carbocycles. The van der Waals surface area contributed by atoms with E-state index in [4.69, 9.17) is 115 Å². The van der Waals surface area contributed by atoms with Crippen LogP contribution >= 0.6 is 0 Å². The lowest BCUT2D eigenvalue weighted by atomic mass is 9.84. The van der Waals surface area contributed by atoms with Crippen LogP contribution in [0.4, 0.5) is 0 Å². The summed E-state index contributed by atoms with van der Waals surface area (Å²) in [7, 11) is -14.0. The van der Waals surface area contributed by atoms with Crippen molar-refractivity contribution in [3.05, 3.63) is 0 Å². The smallest absolute Gasteiger partial charge is 0.394 e. The topological polar surface area (TPSA) is 671 Å². The number of rotatable bonds is 9. The van der Waals surface area contributed by atoms with Crippen LogP contribution in [-0.2, 0) is 59.6 Å². The molecule has 0 bridgehead atoms. The summed E-state index contributed by atoms with van der Waals surface area (Å²) >= 11 is 0. The summed E-state index contributed by atoms with van der Waals surface area (Å²) in [5.74, 6) is 0. The van der Waals surface area contributed by atoms with E-state index in [1.807, 2.05) is 0 Å². The van der Waals surface area contributed by atoms with Crippen molar-refractivity contribution in [3.8, 4) is 0 Å². The van der Waals surface area contributed by atoms with E-state index >= 15 is 0 Å².